The van der Waals surface area contributed by atoms with Crippen molar-refractivity contribution in [3.05, 3.63) is 16.1 Å². The van der Waals surface area contributed by atoms with Gasteiger partial charge in [0.1, 0.15) is 5.01 Å². The molecule has 1 amide bonds. The predicted octanol–water partition coefficient (Wildman–Crippen LogP) is 0.195. The third-order valence-electron chi connectivity index (χ3n) is 1.90. The summed E-state index contributed by atoms with van der Waals surface area (Å²) in [5.74, 6) is 5.67. The van der Waals surface area contributed by atoms with E-state index in [1.807, 2.05) is 5.38 Å². The number of carbonyl (C=O) groups is 1. The Balaban J connectivity index is 2.51. The van der Waals surface area contributed by atoms with Crippen molar-refractivity contribution >= 4 is 34.2 Å². The number of likely N-dealkylation sites (N-methyl/N-ethyl adjacent to an activating group) is 1. The summed E-state index contributed by atoms with van der Waals surface area (Å²) >= 11 is 2.79. The Hall–Kier alpha value is -1.28. The van der Waals surface area contributed by atoms with E-state index in [9.17, 15) is 4.79 Å². The third-order valence-corrected chi connectivity index (χ3v) is 3.63. The van der Waals surface area contributed by atoms with Gasteiger partial charge in [0.05, 0.1) is 12.1 Å². The highest BCUT2D eigenvalue weighted by atomic mass is 32.2. The number of hydrogen-bond acceptors (Lipinski definition) is 6. The van der Waals surface area contributed by atoms with Gasteiger partial charge in [0.15, 0.2) is 5.17 Å². The topological polar surface area (TPSA) is 97.6 Å². The van der Waals surface area contributed by atoms with E-state index in [1.165, 1.54) is 23.1 Å². The molecule has 1 aromatic heterocycles. The molecule has 0 unspecified atom stereocenters. The molecule has 4 N–H and O–H groups in total. The van der Waals surface area contributed by atoms with Crippen LogP contribution >= 0.6 is 23.1 Å². The summed E-state index contributed by atoms with van der Waals surface area (Å²) in [6, 6.07) is 0. The number of nitrogens with two attached hydrogens (primary N) is 2. The Bertz CT molecular complexity index is 415. The summed E-state index contributed by atoms with van der Waals surface area (Å²) in [7, 11) is 3.45. The zero-order valence-electron chi connectivity index (χ0n) is 9.71. The highest BCUT2D eigenvalue weighted by Gasteiger charge is 2.09. The molecule has 0 aliphatic rings. The van der Waals surface area contributed by atoms with Crippen molar-refractivity contribution in [1.29, 1.82) is 0 Å². The van der Waals surface area contributed by atoms with Crippen molar-refractivity contribution in [2.45, 2.75) is 12.2 Å². The second kappa shape index (κ2) is 6.45. The van der Waals surface area contributed by atoms with Gasteiger partial charge in [0.25, 0.3) is 0 Å². The van der Waals surface area contributed by atoms with Crippen LogP contribution in [0.25, 0.3) is 0 Å². The van der Waals surface area contributed by atoms with E-state index in [1.54, 1.807) is 19.0 Å². The minimum Gasteiger partial charge on any atom is -0.377 e. The number of aromatic nitrogens is 1. The van der Waals surface area contributed by atoms with Crippen molar-refractivity contribution in [2.24, 2.45) is 16.7 Å². The molecule has 94 valence electrons. The number of thioether (sulfide) groups is 1. The molecule has 1 heterocycles. The molecule has 0 fully saturated rings. The standard InChI is InChI=1S/C9H15N5OS2/c1-14(2)8(15)3-7-12-6(4-16-7)5-17-9(10)13-11/h4H,3,5,11H2,1-2H3,(H2,10,13). The van der Waals surface area contributed by atoms with Gasteiger partial charge >= 0.3 is 0 Å². The van der Waals surface area contributed by atoms with Crippen LogP contribution in [0.4, 0.5) is 0 Å². The Kier molecular flexibility index (Phi) is 5.23. The molecule has 1 rings (SSSR count). The smallest absolute Gasteiger partial charge is 0.228 e. The number of carbonyl (C=O) groups excluding carboxylic acids is 1. The van der Waals surface area contributed by atoms with Crippen molar-refractivity contribution < 1.29 is 4.79 Å². The van der Waals surface area contributed by atoms with E-state index < -0.39 is 0 Å². The lowest BCUT2D eigenvalue weighted by atomic mass is 10.4. The summed E-state index contributed by atoms with van der Waals surface area (Å²) in [4.78, 5) is 17.4. The second-order valence-electron chi connectivity index (χ2n) is 3.45. The molecular formula is C9H15N5OS2. The lowest BCUT2D eigenvalue weighted by molar-refractivity contribution is -0.127. The van der Waals surface area contributed by atoms with Crippen molar-refractivity contribution in [2.75, 3.05) is 14.1 Å². The van der Waals surface area contributed by atoms with Crippen LogP contribution in [0.2, 0.25) is 0 Å². The summed E-state index contributed by atoms with van der Waals surface area (Å²) < 4.78 is 0. The minimum atomic E-state index is 0.0431. The SMILES string of the molecule is CN(C)C(=O)Cc1nc(CSC(N)=NN)cs1. The average Bonchev–Trinajstić information content (AvgIpc) is 2.73. The fourth-order valence-corrected chi connectivity index (χ4v) is 2.38. The van der Waals surface area contributed by atoms with Crippen molar-refractivity contribution in [1.82, 2.24) is 9.88 Å². The van der Waals surface area contributed by atoms with E-state index in [2.05, 4.69) is 10.1 Å². The van der Waals surface area contributed by atoms with Gasteiger partial charge in [-0.3, -0.25) is 4.79 Å². The molecule has 0 radical (unpaired) electrons. The van der Waals surface area contributed by atoms with Crippen LogP contribution in [0.15, 0.2) is 10.5 Å². The van der Waals surface area contributed by atoms with Crippen LogP contribution in [-0.4, -0.2) is 35.1 Å². The van der Waals surface area contributed by atoms with E-state index >= 15 is 0 Å². The number of hydrazone groups is 1. The molecule has 0 atom stereocenters. The van der Waals surface area contributed by atoms with E-state index in [0.717, 1.165) is 10.7 Å². The lowest BCUT2D eigenvalue weighted by Crippen LogP contribution is -2.23. The maximum absolute atomic E-state index is 11.5. The molecule has 6 nitrogen and oxygen atoms in total. The average molecular weight is 273 g/mol. The van der Waals surface area contributed by atoms with Crippen LogP contribution in [0.1, 0.15) is 10.7 Å². The van der Waals surface area contributed by atoms with Gasteiger partial charge in [-0.2, -0.15) is 5.10 Å². The van der Waals surface area contributed by atoms with Gasteiger partial charge in [-0.05, 0) is 0 Å². The molecule has 0 spiro atoms. The van der Waals surface area contributed by atoms with E-state index in [0.29, 0.717) is 17.3 Å². The summed E-state index contributed by atoms with van der Waals surface area (Å²) in [5.41, 5.74) is 6.33. The maximum atomic E-state index is 11.5. The molecule has 0 saturated heterocycles. The highest BCUT2D eigenvalue weighted by molar-refractivity contribution is 8.13. The zero-order valence-corrected chi connectivity index (χ0v) is 11.3. The Morgan fingerprint density at radius 1 is 1.65 bits per heavy atom. The number of hydrogen-bond donors (Lipinski definition) is 2. The fourth-order valence-electron chi connectivity index (χ4n) is 0.969. The Morgan fingerprint density at radius 3 is 2.94 bits per heavy atom. The normalized spacial score (nSPS) is 11.5. The van der Waals surface area contributed by atoms with Crippen LogP contribution < -0.4 is 11.6 Å². The Labute approximate surface area is 108 Å². The van der Waals surface area contributed by atoms with Gasteiger partial charge < -0.3 is 16.5 Å². The van der Waals surface area contributed by atoms with Gasteiger partial charge in [0.2, 0.25) is 5.91 Å². The molecule has 0 saturated carbocycles. The minimum absolute atomic E-state index is 0.0431. The molecule has 0 bridgehead atoms. The first-order valence-corrected chi connectivity index (χ1v) is 6.69. The van der Waals surface area contributed by atoms with Crippen LogP contribution in [0.5, 0.6) is 0 Å². The van der Waals surface area contributed by atoms with Gasteiger partial charge in [-0.1, -0.05) is 11.8 Å². The zero-order chi connectivity index (χ0) is 12.8. The largest absolute Gasteiger partial charge is 0.377 e. The highest BCUT2D eigenvalue weighted by Crippen LogP contribution is 2.16. The summed E-state index contributed by atoms with van der Waals surface area (Å²) in [6.07, 6.45) is 0.336. The van der Waals surface area contributed by atoms with Crippen LogP contribution in [-0.2, 0) is 17.0 Å². The third kappa shape index (κ3) is 4.61. The van der Waals surface area contributed by atoms with Crippen molar-refractivity contribution in [3.63, 3.8) is 0 Å². The van der Waals surface area contributed by atoms with Gasteiger partial charge in [0, 0.05) is 25.2 Å². The molecular weight excluding hydrogens is 258 g/mol. The monoisotopic (exact) mass is 273 g/mol. The molecule has 0 aliphatic heterocycles. The van der Waals surface area contributed by atoms with Gasteiger partial charge in [-0.15, -0.1) is 11.3 Å². The van der Waals surface area contributed by atoms with Crippen LogP contribution in [0.3, 0.4) is 0 Å². The van der Waals surface area contributed by atoms with E-state index in [4.69, 9.17) is 11.6 Å². The number of amidine groups is 1. The number of amides is 1. The molecule has 0 aliphatic carbocycles. The molecule has 1 aromatic rings. The number of thiazole rings is 1. The number of rotatable bonds is 4. The van der Waals surface area contributed by atoms with Gasteiger partial charge in [-0.25, -0.2) is 4.98 Å². The van der Waals surface area contributed by atoms with Crippen molar-refractivity contribution in [3.8, 4) is 0 Å². The van der Waals surface area contributed by atoms with E-state index in [-0.39, 0.29) is 5.91 Å². The first-order valence-electron chi connectivity index (χ1n) is 4.82. The maximum Gasteiger partial charge on any atom is 0.228 e. The number of nitrogens with zero attached hydrogens (tertiary/aromatic N) is 3. The second-order valence-corrected chi connectivity index (χ2v) is 5.39. The molecule has 8 heteroatoms. The fraction of sp³-hybridized carbons (Fsp3) is 0.444. The lowest BCUT2D eigenvalue weighted by Gasteiger charge is -2.07. The molecule has 0 aromatic carbocycles. The first kappa shape index (κ1) is 13.8. The summed E-state index contributed by atoms with van der Waals surface area (Å²) in [5, 5.41) is 6.40. The quantitative estimate of drug-likeness (QED) is 0.353. The first-order chi connectivity index (χ1) is 8.02. The van der Waals surface area contributed by atoms with Crippen LogP contribution in [0, 0.1) is 0 Å². The molecule has 17 heavy (non-hydrogen) atoms. The Morgan fingerprint density at radius 2 is 2.35 bits per heavy atom. The predicted molar refractivity (Wildman–Crippen MR) is 71.6 cm³/mol. The summed E-state index contributed by atoms with van der Waals surface area (Å²) in [6.45, 7) is 0.